The Balaban J connectivity index is 2.31. The number of carbonyl (C=O) groups excluding carboxylic acids is 1. The minimum absolute atomic E-state index is 0.399. The molecule has 0 aliphatic heterocycles. The van der Waals surface area contributed by atoms with Crippen molar-refractivity contribution in [3.63, 3.8) is 0 Å². The van der Waals surface area contributed by atoms with Gasteiger partial charge in [0.05, 0.1) is 5.69 Å². The predicted molar refractivity (Wildman–Crippen MR) is 76.3 cm³/mol. The molecule has 0 fully saturated rings. The van der Waals surface area contributed by atoms with Crippen LogP contribution >= 0.6 is 11.6 Å². The zero-order valence-electron chi connectivity index (χ0n) is 11.5. The van der Waals surface area contributed by atoms with Crippen LogP contribution < -0.4 is 5.32 Å². The van der Waals surface area contributed by atoms with Gasteiger partial charge in [0.1, 0.15) is 17.5 Å². The molecule has 0 atom stereocenters. The van der Waals surface area contributed by atoms with Gasteiger partial charge in [0.25, 0.3) is 5.91 Å². The number of carbonyl (C=O) groups is 1. The molecule has 1 aromatic heterocycles. The first kappa shape index (κ1) is 17.3. The van der Waals surface area contributed by atoms with Gasteiger partial charge in [0.2, 0.25) is 0 Å². The lowest BCUT2D eigenvalue weighted by atomic mass is 10.3. The SMILES string of the molecule is CS(=O)(=O)Cn1nc(C(=O)Nc2ccc(F)cc2F)c(F)c1Cl. The lowest BCUT2D eigenvalue weighted by Crippen LogP contribution is -2.16. The van der Waals surface area contributed by atoms with E-state index < -0.39 is 55.6 Å². The number of aromatic nitrogens is 2. The van der Waals surface area contributed by atoms with Crippen LogP contribution in [0.2, 0.25) is 5.15 Å². The number of nitrogens with one attached hydrogen (secondary N) is 1. The number of hydrogen-bond donors (Lipinski definition) is 1. The van der Waals surface area contributed by atoms with E-state index in [0.29, 0.717) is 10.7 Å². The van der Waals surface area contributed by atoms with Crippen LogP contribution in [0.15, 0.2) is 18.2 Å². The van der Waals surface area contributed by atoms with Crippen molar-refractivity contribution in [1.82, 2.24) is 9.78 Å². The lowest BCUT2D eigenvalue weighted by molar-refractivity contribution is 0.101. The van der Waals surface area contributed by atoms with Gasteiger partial charge in [0, 0.05) is 12.3 Å². The Morgan fingerprint density at radius 3 is 2.57 bits per heavy atom. The smallest absolute Gasteiger partial charge is 0.279 e. The first-order chi connectivity index (χ1) is 10.6. The van der Waals surface area contributed by atoms with Crippen LogP contribution in [0.1, 0.15) is 10.5 Å². The van der Waals surface area contributed by atoms with Crippen molar-refractivity contribution in [2.75, 3.05) is 11.6 Å². The van der Waals surface area contributed by atoms with Crippen molar-refractivity contribution in [2.24, 2.45) is 0 Å². The van der Waals surface area contributed by atoms with Crippen LogP contribution in [0.4, 0.5) is 18.9 Å². The topological polar surface area (TPSA) is 81.1 Å². The van der Waals surface area contributed by atoms with Crippen LogP contribution in [-0.4, -0.2) is 30.4 Å². The van der Waals surface area contributed by atoms with E-state index in [2.05, 4.69) is 5.10 Å². The van der Waals surface area contributed by atoms with Gasteiger partial charge in [-0.3, -0.25) is 4.79 Å². The molecular weight excluding hydrogens is 359 g/mol. The summed E-state index contributed by atoms with van der Waals surface area (Å²) in [5.41, 5.74) is -1.22. The van der Waals surface area contributed by atoms with Gasteiger partial charge in [-0.2, -0.15) is 5.10 Å². The molecule has 1 heterocycles. The summed E-state index contributed by atoms with van der Waals surface area (Å²) in [5.74, 6) is -5.08. The van der Waals surface area contributed by atoms with Gasteiger partial charge in [0.15, 0.2) is 26.5 Å². The van der Waals surface area contributed by atoms with Crippen molar-refractivity contribution in [1.29, 1.82) is 0 Å². The molecule has 0 spiro atoms. The monoisotopic (exact) mass is 367 g/mol. The van der Waals surface area contributed by atoms with Gasteiger partial charge >= 0.3 is 0 Å². The number of amides is 1. The molecule has 0 bridgehead atoms. The molecule has 0 radical (unpaired) electrons. The van der Waals surface area contributed by atoms with Crippen molar-refractivity contribution in [3.05, 3.63) is 46.5 Å². The maximum absolute atomic E-state index is 13.9. The Morgan fingerprint density at radius 2 is 2.00 bits per heavy atom. The first-order valence-corrected chi connectivity index (χ1v) is 8.38. The first-order valence-electron chi connectivity index (χ1n) is 5.94. The summed E-state index contributed by atoms with van der Waals surface area (Å²) in [7, 11) is -3.58. The Labute approximate surface area is 133 Å². The number of nitrogens with zero attached hydrogens (tertiary/aromatic N) is 2. The molecule has 1 amide bonds. The van der Waals surface area contributed by atoms with Crippen molar-refractivity contribution < 1.29 is 26.4 Å². The molecule has 1 N–H and O–H groups in total. The summed E-state index contributed by atoms with van der Waals surface area (Å²) in [4.78, 5) is 11.9. The molecule has 0 aliphatic carbocycles. The lowest BCUT2D eigenvalue weighted by Gasteiger charge is -2.04. The van der Waals surface area contributed by atoms with Crippen molar-refractivity contribution in [2.45, 2.75) is 5.88 Å². The summed E-state index contributed by atoms with van der Waals surface area (Å²) in [6.07, 6.45) is 0.872. The minimum atomic E-state index is -3.58. The number of anilines is 1. The van der Waals surface area contributed by atoms with Gasteiger partial charge in [-0.25, -0.2) is 26.3 Å². The van der Waals surface area contributed by atoms with Crippen molar-refractivity contribution >= 4 is 33.0 Å². The van der Waals surface area contributed by atoms with Crippen LogP contribution in [0.5, 0.6) is 0 Å². The third-order valence-corrected chi connectivity index (χ3v) is 3.66. The maximum atomic E-state index is 13.9. The fourth-order valence-electron chi connectivity index (χ4n) is 1.64. The predicted octanol–water partition coefficient (Wildman–Crippen LogP) is 2.21. The standard InChI is InChI=1S/C12H9ClF3N3O3S/c1-23(21,22)5-19-11(13)9(16)10(18-19)12(20)17-8-3-2-6(14)4-7(8)15/h2-4H,5H2,1H3,(H,17,20). The minimum Gasteiger partial charge on any atom is -0.318 e. The molecule has 2 rings (SSSR count). The quantitative estimate of drug-likeness (QED) is 0.898. The van der Waals surface area contributed by atoms with E-state index in [9.17, 15) is 26.4 Å². The Morgan fingerprint density at radius 1 is 1.35 bits per heavy atom. The molecule has 6 nitrogen and oxygen atoms in total. The van der Waals surface area contributed by atoms with Crippen LogP contribution in [-0.2, 0) is 15.7 Å². The summed E-state index contributed by atoms with van der Waals surface area (Å²) in [5, 5.41) is 4.77. The maximum Gasteiger partial charge on any atom is 0.279 e. The average Bonchev–Trinajstić information content (AvgIpc) is 2.68. The summed E-state index contributed by atoms with van der Waals surface area (Å²) >= 11 is 5.58. The van der Waals surface area contributed by atoms with Gasteiger partial charge in [-0.15, -0.1) is 0 Å². The number of halogens is 4. The number of sulfone groups is 1. The van der Waals surface area contributed by atoms with E-state index in [4.69, 9.17) is 11.6 Å². The molecule has 0 unspecified atom stereocenters. The highest BCUT2D eigenvalue weighted by atomic mass is 35.5. The van der Waals surface area contributed by atoms with Crippen LogP contribution in [0.25, 0.3) is 0 Å². The zero-order valence-corrected chi connectivity index (χ0v) is 13.1. The second kappa shape index (κ2) is 6.20. The molecular formula is C12H9ClF3N3O3S. The molecule has 11 heteroatoms. The molecule has 1 aromatic carbocycles. The average molecular weight is 368 g/mol. The van der Waals surface area contributed by atoms with Gasteiger partial charge < -0.3 is 5.32 Å². The highest BCUT2D eigenvalue weighted by Gasteiger charge is 2.24. The molecule has 0 saturated carbocycles. The molecule has 23 heavy (non-hydrogen) atoms. The van der Waals surface area contributed by atoms with Gasteiger partial charge in [-0.1, -0.05) is 11.6 Å². The largest absolute Gasteiger partial charge is 0.318 e. The van der Waals surface area contributed by atoms with E-state index in [1.165, 1.54) is 0 Å². The third kappa shape index (κ3) is 4.02. The number of rotatable bonds is 4. The summed E-state index contributed by atoms with van der Waals surface area (Å²) < 4.78 is 63.1. The van der Waals surface area contributed by atoms with Crippen LogP contribution in [0.3, 0.4) is 0 Å². The van der Waals surface area contributed by atoms with E-state index in [-0.39, 0.29) is 0 Å². The highest BCUT2D eigenvalue weighted by Crippen LogP contribution is 2.21. The Bertz CT molecular complexity index is 883. The summed E-state index contributed by atoms with van der Waals surface area (Å²) in [6.45, 7) is 0. The number of hydrogen-bond acceptors (Lipinski definition) is 4. The van der Waals surface area contributed by atoms with E-state index in [0.717, 1.165) is 18.4 Å². The number of benzene rings is 1. The normalized spacial score (nSPS) is 11.5. The van der Waals surface area contributed by atoms with Crippen molar-refractivity contribution in [3.8, 4) is 0 Å². The molecule has 0 saturated heterocycles. The molecule has 0 aliphatic rings. The Hall–Kier alpha value is -2.07. The van der Waals surface area contributed by atoms with Gasteiger partial charge in [-0.05, 0) is 12.1 Å². The van der Waals surface area contributed by atoms with E-state index in [1.807, 2.05) is 5.32 Å². The third-order valence-electron chi connectivity index (χ3n) is 2.59. The Kier molecular flexibility index (Phi) is 4.66. The zero-order chi connectivity index (χ0) is 17.4. The van der Waals surface area contributed by atoms with E-state index in [1.54, 1.807) is 0 Å². The highest BCUT2D eigenvalue weighted by molar-refractivity contribution is 7.89. The fourth-order valence-corrected chi connectivity index (χ4v) is 2.53. The summed E-state index contributed by atoms with van der Waals surface area (Å²) in [6, 6.07) is 2.36. The molecule has 2 aromatic rings. The fraction of sp³-hybridized carbons (Fsp3) is 0.167. The molecule has 124 valence electrons. The van der Waals surface area contributed by atoms with Crippen LogP contribution in [0, 0.1) is 17.5 Å². The van der Waals surface area contributed by atoms with E-state index >= 15 is 0 Å². The second-order valence-corrected chi connectivity index (χ2v) is 7.05. The second-order valence-electron chi connectivity index (χ2n) is 4.59.